The molecule has 0 radical (unpaired) electrons. The number of H-pyrrole nitrogens is 1. The van der Waals surface area contributed by atoms with Crippen LogP contribution >= 0.6 is 0 Å². The fraction of sp³-hybridized carbons (Fsp3) is 0.364. The molecule has 1 N–H and O–H groups in total. The zero-order chi connectivity index (χ0) is 17.4. The maximum atomic E-state index is 3.60. The van der Waals surface area contributed by atoms with Gasteiger partial charge in [-0.25, -0.2) is 0 Å². The predicted molar refractivity (Wildman–Crippen MR) is 105 cm³/mol. The first-order valence-electron chi connectivity index (χ1n) is 9.20. The summed E-state index contributed by atoms with van der Waals surface area (Å²) in [5, 5.41) is 1.35. The molecule has 0 bridgehead atoms. The smallest absolute Gasteiger partial charge is 0.0626 e. The molecule has 0 aliphatic carbocycles. The van der Waals surface area contributed by atoms with E-state index in [4.69, 9.17) is 0 Å². The number of benzene rings is 2. The van der Waals surface area contributed by atoms with Gasteiger partial charge >= 0.3 is 0 Å². The minimum Gasteiger partial charge on any atom is -0.358 e. The van der Waals surface area contributed by atoms with Gasteiger partial charge < -0.3 is 9.88 Å². The third kappa shape index (κ3) is 3.10. The van der Waals surface area contributed by atoms with Gasteiger partial charge in [-0.05, 0) is 32.5 Å². The number of aromatic nitrogens is 1. The fourth-order valence-corrected chi connectivity index (χ4v) is 4.04. The lowest BCUT2D eigenvalue weighted by Gasteiger charge is -2.38. The molecule has 2 aromatic carbocycles. The van der Waals surface area contributed by atoms with E-state index in [1.54, 1.807) is 0 Å². The molecule has 1 aliphatic rings. The summed E-state index contributed by atoms with van der Waals surface area (Å²) in [7, 11) is 2.22. The van der Waals surface area contributed by atoms with Gasteiger partial charge in [-0.1, -0.05) is 48.0 Å². The third-order valence-corrected chi connectivity index (χ3v) is 5.51. The maximum absolute atomic E-state index is 3.60. The lowest BCUT2D eigenvalue weighted by atomic mass is 9.93. The van der Waals surface area contributed by atoms with Gasteiger partial charge in [0, 0.05) is 48.3 Å². The summed E-state index contributed by atoms with van der Waals surface area (Å²) < 4.78 is 0. The number of para-hydroxylation sites is 1. The highest BCUT2D eigenvalue weighted by Gasteiger charge is 2.28. The van der Waals surface area contributed by atoms with Crippen molar-refractivity contribution in [3.8, 4) is 0 Å². The molecule has 2 heterocycles. The van der Waals surface area contributed by atoms with Gasteiger partial charge in [0.2, 0.25) is 0 Å². The number of nitrogens with one attached hydrogen (secondary N) is 1. The highest BCUT2D eigenvalue weighted by atomic mass is 15.3. The molecule has 4 rings (SSSR count). The molecule has 1 unspecified atom stereocenters. The summed E-state index contributed by atoms with van der Waals surface area (Å²) in [4.78, 5) is 8.67. The van der Waals surface area contributed by atoms with Crippen molar-refractivity contribution in [3.63, 3.8) is 0 Å². The molecule has 25 heavy (non-hydrogen) atoms. The summed E-state index contributed by atoms with van der Waals surface area (Å²) >= 11 is 0. The number of aryl methyl sites for hydroxylation is 2. The highest BCUT2D eigenvalue weighted by molar-refractivity contribution is 5.85. The standard InChI is InChI=1S/C22H27N3/c1-16-8-10-18(11-9-16)22(25-14-12-24(3)13-15-25)21-17(2)23-20-7-5-4-6-19(20)21/h4-11,22-23H,12-15H2,1-3H3. The molecule has 0 amide bonds. The molecule has 130 valence electrons. The van der Waals surface area contributed by atoms with E-state index >= 15 is 0 Å². The van der Waals surface area contributed by atoms with Crippen molar-refractivity contribution >= 4 is 10.9 Å². The van der Waals surface area contributed by atoms with E-state index in [9.17, 15) is 0 Å². The van der Waals surface area contributed by atoms with Gasteiger partial charge in [0.25, 0.3) is 0 Å². The second-order valence-electron chi connectivity index (χ2n) is 7.36. The first-order valence-corrected chi connectivity index (χ1v) is 9.20. The lowest BCUT2D eigenvalue weighted by molar-refractivity contribution is 0.127. The number of hydrogen-bond acceptors (Lipinski definition) is 2. The fourth-order valence-electron chi connectivity index (χ4n) is 4.04. The number of hydrogen-bond donors (Lipinski definition) is 1. The van der Waals surface area contributed by atoms with Gasteiger partial charge in [-0.15, -0.1) is 0 Å². The molecule has 3 nitrogen and oxygen atoms in total. The minimum absolute atomic E-state index is 0.311. The van der Waals surface area contributed by atoms with Crippen molar-refractivity contribution in [3.05, 3.63) is 70.9 Å². The average Bonchev–Trinajstić information content (AvgIpc) is 2.95. The largest absolute Gasteiger partial charge is 0.358 e. The summed E-state index contributed by atoms with van der Waals surface area (Å²) in [6.07, 6.45) is 0. The van der Waals surface area contributed by atoms with Crippen LogP contribution in [-0.2, 0) is 0 Å². The Morgan fingerprint density at radius 3 is 2.28 bits per heavy atom. The quantitative estimate of drug-likeness (QED) is 0.779. The monoisotopic (exact) mass is 333 g/mol. The van der Waals surface area contributed by atoms with Crippen molar-refractivity contribution < 1.29 is 0 Å². The van der Waals surface area contributed by atoms with E-state index in [2.05, 4.69) is 84.2 Å². The second-order valence-corrected chi connectivity index (χ2v) is 7.36. The Balaban J connectivity index is 1.84. The van der Waals surface area contributed by atoms with Crippen LogP contribution in [0.1, 0.15) is 28.4 Å². The van der Waals surface area contributed by atoms with Crippen LogP contribution in [0.25, 0.3) is 10.9 Å². The summed E-state index contributed by atoms with van der Waals surface area (Å²) in [5.74, 6) is 0. The van der Waals surface area contributed by atoms with E-state index in [1.807, 2.05) is 0 Å². The Morgan fingerprint density at radius 2 is 1.56 bits per heavy atom. The molecule has 1 atom stereocenters. The number of likely N-dealkylation sites (N-methyl/N-ethyl adjacent to an activating group) is 1. The number of fused-ring (bicyclic) bond motifs is 1. The van der Waals surface area contributed by atoms with Gasteiger partial charge in [0.1, 0.15) is 0 Å². The SMILES string of the molecule is Cc1ccc(C(c2c(C)[nH]c3ccccc23)N2CCN(C)CC2)cc1. The van der Waals surface area contributed by atoms with Gasteiger partial charge in [-0.3, -0.25) is 4.90 Å². The van der Waals surface area contributed by atoms with Crippen LogP contribution in [0.3, 0.4) is 0 Å². The van der Waals surface area contributed by atoms with E-state index in [-0.39, 0.29) is 0 Å². The molecular formula is C22H27N3. The van der Waals surface area contributed by atoms with E-state index in [0.717, 1.165) is 26.2 Å². The minimum atomic E-state index is 0.311. The summed E-state index contributed by atoms with van der Waals surface area (Å²) in [5.41, 5.74) is 6.66. The first kappa shape index (κ1) is 16.4. The first-order chi connectivity index (χ1) is 12.1. The zero-order valence-corrected chi connectivity index (χ0v) is 15.4. The van der Waals surface area contributed by atoms with Crippen molar-refractivity contribution in [2.45, 2.75) is 19.9 Å². The number of piperazine rings is 1. The Hall–Kier alpha value is -2.10. The molecular weight excluding hydrogens is 306 g/mol. The molecule has 3 heteroatoms. The highest BCUT2D eigenvalue weighted by Crippen LogP contribution is 2.36. The Morgan fingerprint density at radius 1 is 0.880 bits per heavy atom. The summed E-state index contributed by atoms with van der Waals surface area (Å²) in [6, 6.07) is 18.1. The Bertz CT molecular complexity index is 855. The van der Waals surface area contributed by atoms with Gasteiger partial charge in [0.05, 0.1) is 6.04 Å². The van der Waals surface area contributed by atoms with Crippen LogP contribution in [0.15, 0.2) is 48.5 Å². The lowest BCUT2D eigenvalue weighted by Crippen LogP contribution is -2.46. The van der Waals surface area contributed by atoms with Crippen molar-refractivity contribution in [1.82, 2.24) is 14.8 Å². The van der Waals surface area contributed by atoms with Crippen LogP contribution in [0.2, 0.25) is 0 Å². The van der Waals surface area contributed by atoms with Crippen LogP contribution < -0.4 is 0 Å². The second kappa shape index (κ2) is 6.66. The predicted octanol–water partition coefficient (Wildman–Crippen LogP) is 4.12. The number of aromatic amines is 1. The third-order valence-electron chi connectivity index (χ3n) is 5.51. The van der Waals surface area contributed by atoms with Crippen molar-refractivity contribution in [2.75, 3.05) is 33.2 Å². The van der Waals surface area contributed by atoms with Crippen molar-refractivity contribution in [2.24, 2.45) is 0 Å². The zero-order valence-electron chi connectivity index (χ0n) is 15.4. The average molecular weight is 333 g/mol. The molecule has 0 saturated carbocycles. The molecule has 1 aromatic heterocycles. The maximum Gasteiger partial charge on any atom is 0.0626 e. The van der Waals surface area contributed by atoms with Gasteiger partial charge in [0.15, 0.2) is 0 Å². The van der Waals surface area contributed by atoms with Crippen LogP contribution in [-0.4, -0.2) is 48.0 Å². The number of nitrogens with zero attached hydrogens (tertiary/aromatic N) is 2. The Labute approximate surface area is 150 Å². The molecule has 3 aromatic rings. The Kier molecular flexibility index (Phi) is 4.36. The van der Waals surface area contributed by atoms with Crippen LogP contribution in [0.4, 0.5) is 0 Å². The van der Waals surface area contributed by atoms with Crippen LogP contribution in [0.5, 0.6) is 0 Å². The topological polar surface area (TPSA) is 22.3 Å². The molecule has 1 saturated heterocycles. The molecule has 1 fully saturated rings. The van der Waals surface area contributed by atoms with Gasteiger partial charge in [-0.2, -0.15) is 0 Å². The molecule has 1 aliphatic heterocycles. The van der Waals surface area contributed by atoms with E-state index in [0.29, 0.717) is 6.04 Å². The van der Waals surface area contributed by atoms with E-state index in [1.165, 1.54) is 33.3 Å². The molecule has 0 spiro atoms. The van der Waals surface area contributed by atoms with E-state index < -0.39 is 0 Å². The number of rotatable bonds is 3. The summed E-state index contributed by atoms with van der Waals surface area (Å²) in [6.45, 7) is 8.84. The normalized spacial score (nSPS) is 17.9. The van der Waals surface area contributed by atoms with Crippen LogP contribution in [0, 0.1) is 13.8 Å². The van der Waals surface area contributed by atoms with Crippen molar-refractivity contribution in [1.29, 1.82) is 0 Å².